The van der Waals surface area contributed by atoms with Crippen LogP contribution in [0.2, 0.25) is 0 Å². The molecule has 2 nitrogen and oxygen atoms in total. The van der Waals surface area contributed by atoms with Gasteiger partial charge in [-0.15, -0.1) is 0 Å². The second kappa shape index (κ2) is 4.97. The predicted molar refractivity (Wildman–Crippen MR) is 56.0 cm³/mol. The molecule has 0 bridgehead atoms. The minimum Gasteiger partial charge on any atom is -0.373 e. The molecule has 0 spiro atoms. The second-order valence-corrected chi connectivity index (χ2v) is 4.35. The van der Waals surface area contributed by atoms with Crippen LogP contribution in [0.15, 0.2) is 0 Å². The molecule has 1 fully saturated rings. The quantitative estimate of drug-likeness (QED) is 0.669. The molecule has 0 aliphatic carbocycles. The van der Waals surface area contributed by atoms with Gasteiger partial charge in [-0.1, -0.05) is 13.3 Å². The third-order valence-electron chi connectivity index (χ3n) is 2.78. The third-order valence-corrected chi connectivity index (χ3v) is 2.78. The van der Waals surface area contributed by atoms with Crippen molar-refractivity contribution in [2.45, 2.75) is 58.8 Å². The smallest absolute Gasteiger partial charge is 0.0678 e. The Morgan fingerprint density at radius 3 is 2.31 bits per heavy atom. The van der Waals surface area contributed by atoms with Gasteiger partial charge in [-0.2, -0.15) is 0 Å². The lowest BCUT2D eigenvalue weighted by Crippen LogP contribution is -2.49. The van der Waals surface area contributed by atoms with E-state index in [9.17, 15) is 0 Å². The van der Waals surface area contributed by atoms with Gasteiger partial charge in [0.25, 0.3) is 0 Å². The Kier molecular flexibility index (Phi) is 4.20. The maximum Gasteiger partial charge on any atom is 0.0678 e. The molecule has 0 amide bonds. The zero-order valence-corrected chi connectivity index (χ0v) is 9.42. The molecular formula is C11H23NO. The number of hydrogen-bond acceptors (Lipinski definition) is 2. The fourth-order valence-corrected chi connectivity index (χ4v) is 2.18. The molecule has 1 heterocycles. The number of morpholine rings is 1. The van der Waals surface area contributed by atoms with Crippen LogP contribution in [0.3, 0.4) is 0 Å². The summed E-state index contributed by atoms with van der Waals surface area (Å²) >= 11 is 0. The molecule has 1 aliphatic heterocycles. The van der Waals surface area contributed by atoms with Crippen molar-refractivity contribution in [3.05, 3.63) is 0 Å². The molecule has 13 heavy (non-hydrogen) atoms. The molecule has 0 saturated carbocycles. The summed E-state index contributed by atoms with van der Waals surface area (Å²) in [6.07, 6.45) is 3.40. The minimum atomic E-state index is 0.406. The fraction of sp³-hybridized carbons (Fsp3) is 1.00. The van der Waals surface area contributed by atoms with Gasteiger partial charge in [0.2, 0.25) is 0 Å². The Morgan fingerprint density at radius 2 is 1.85 bits per heavy atom. The zero-order valence-electron chi connectivity index (χ0n) is 9.42. The zero-order chi connectivity index (χ0) is 9.84. The first-order chi connectivity index (χ1) is 6.13. The number of nitrogens with zero attached hydrogens (tertiary/aromatic N) is 1. The first-order valence-electron chi connectivity index (χ1n) is 5.53. The lowest BCUT2D eigenvalue weighted by molar-refractivity contribution is -0.0791. The number of rotatable bonds is 3. The largest absolute Gasteiger partial charge is 0.373 e. The Balaban J connectivity index is 2.40. The van der Waals surface area contributed by atoms with Crippen molar-refractivity contribution in [1.29, 1.82) is 0 Å². The molecule has 1 unspecified atom stereocenters. The summed E-state index contributed by atoms with van der Waals surface area (Å²) in [4.78, 5) is 2.56. The highest BCUT2D eigenvalue weighted by atomic mass is 16.5. The first kappa shape index (κ1) is 11.0. The van der Waals surface area contributed by atoms with Gasteiger partial charge in [0.05, 0.1) is 12.2 Å². The van der Waals surface area contributed by atoms with Crippen molar-refractivity contribution in [3.63, 3.8) is 0 Å². The molecular weight excluding hydrogens is 162 g/mol. The van der Waals surface area contributed by atoms with Gasteiger partial charge >= 0.3 is 0 Å². The average molecular weight is 185 g/mol. The standard InChI is InChI=1S/C11H23NO/c1-5-6-9(2)12-7-10(3)13-11(4)8-12/h9-11H,5-8H2,1-4H3/t9?,10-,11-/m0/s1. The first-order valence-corrected chi connectivity index (χ1v) is 5.53. The molecule has 3 atom stereocenters. The van der Waals surface area contributed by atoms with E-state index in [2.05, 4.69) is 32.6 Å². The monoisotopic (exact) mass is 185 g/mol. The number of ether oxygens (including phenoxy) is 1. The molecule has 0 aromatic heterocycles. The summed E-state index contributed by atoms with van der Waals surface area (Å²) in [5.41, 5.74) is 0. The maximum atomic E-state index is 5.70. The molecule has 2 heteroatoms. The molecule has 1 aliphatic rings. The SMILES string of the molecule is CCCC(C)N1C[C@H](C)O[C@@H](C)C1. The van der Waals surface area contributed by atoms with Crippen molar-refractivity contribution >= 4 is 0 Å². The van der Waals surface area contributed by atoms with E-state index in [0.717, 1.165) is 19.1 Å². The van der Waals surface area contributed by atoms with E-state index in [4.69, 9.17) is 4.74 Å². The highest BCUT2D eigenvalue weighted by Gasteiger charge is 2.24. The molecule has 78 valence electrons. The van der Waals surface area contributed by atoms with E-state index in [0.29, 0.717) is 12.2 Å². The van der Waals surface area contributed by atoms with Gasteiger partial charge in [0.1, 0.15) is 0 Å². The van der Waals surface area contributed by atoms with E-state index >= 15 is 0 Å². The summed E-state index contributed by atoms with van der Waals surface area (Å²) in [5.74, 6) is 0. The van der Waals surface area contributed by atoms with E-state index in [-0.39, 0.29) is 0 Å². The molecule has 0 aromatic carbocycles. The van der Waals surface area contributed by atoms with E-state index in [1.165, 1.54) is 12.8 Å². The van der Waals surface area contributed by atoms with E-state index < -0.39 is 0 Å². The maximum absolute atomic E-state index is 5.70. The average Bonchev–Trinajstić information content (AvgIpc) is 2.03. The van der Waals surface area contributed by atoms with Gasteiger partial charge in [-0.25, -0.2) is 0 Å². The summed E-state index contributed by atoms with van der Waals surface area (Å²) in [7, 11) is 0. The molecule has 1 saturated heterocycles. The van der Waals surface area contributed by atoms with Crippen molar-refractivity contribution in [2.24, 2.45) is 0 Å². The Hall–Kier alpha value is -0.0800. The summed E-state index contributed by atoms with van der Waals surface area (Å²) in [5, 5.41) is 0. The van der Waals surface area contributed by atoms with Crippen LogP contribution < -0.4 is 0 Å². The normalized spacial score (nSPS) is 33.2. The highest BCUT2D eigenvalue weighted by Crippen LogP contribution is 2.15. The Morgan fingerprint density at radius 1 is 1.31 bits per heavy atom. The van der Waals surface area contributed by atoms with Crippen LogP contribution in [0.4, 0.5) is 0 Å². The van der Waals surface area contributed by atoms with Gasteiger partial charge in [0.15, 0.2) is 0 Å². The predicted octanol–water partition coefficient (Wildman–Crippen LogP) is 2.28. The van der Waals surface area contributed by atoms with Crippen molar-refractivity contribution in [1.82, 2.24) is 4.90 Å². The molecule has 0 N–H and O–H groups in total. The topological polar surface area (TPSA) is 12.5 Å². The van der Waals surface area contributed by atoms with E-state index in [1.54, 1.807) is 0 Å². The summed E-state index contributed by atoms with van der Waals surface area (Å²) in [6, 6.07) is 0.721. The molecule has 0 radical (unpaired) electrons. The van der Waals surface area contributed by atoms with Crippen LogP contribution in [-0.2, 0) is 4.74 Å². The summed E-state index contributed by atoms with van der Waals surface area (Å²) < 4.78 is 5.70. The lowest BCUT2D eigenvalue weighted by atomic mass is 10.1. The minimum absolute atomic E-state index is 0.406. The Bertz CT molecular complexity index is 139. The molecule has 0 aromatic rings. The third kappa shape index (κ3) is 3.28. The van der Waals surface area contributed by atoms with Crippen LogP contribution >= 0.6 is 0 Å². The van der Waals surface area contributed by atoms with Gasteiger partial charge in [0, 0.05) is 19.1 Å². The van der Waals surface area contributed by atoms with Crippen LogP contribution in [0.25, 0.3) is 0 Å². The van der Waals surface area contributed by atoms with Gasteiger partial charge in [-0.3, -0.25) is 4.90 Å². The highest BCUT2D eigenvalue weighted by molar-refractivity contribution is 4.77. The van der Waals surface area contributed by atoms with Crippen molar-refractivity contribution in [2.75, 3.05) is 13.1 Å². The fourth-order valence-electron chi connectivity index (χ4n) is 2.18. The van der Waals surface area contributed by atoms with Crippen LogP contribution in [0, 0.1) is 0 Å². The van der Waals surface area contributed by atoms with Crippen molar-refractivity contribution in [3.8, 4) is 0 Å². The van der Waals surface area contributed by atoms with Gasteiger partial charge in [-0.05, 0) is 27.2 Å². The lowest BCUT2D eigenvalue weighted by Gasteiger charge is -2.38. The van der Waals surface area contributed by atoms with Gasteiger partial charge < -0.3 is 4.74 Å². The van der Waals surface area contributed by atoms with Crippen LogP contribution in [0.5, 0.6) is 0 Å². The Labute approximate surface area is 82.3 Å². The number of hydrogen-bond donors (Lipinski definition) is 0. The van der Waals surface area contributed by atoms with E-state index in [1.807, 2.05) is 0 Å². The van der Waals surface area contributed by atoms with Crippen molar-refractivity contribution < 1.29 is 4.74 Å². The summed E-state index contributed by atoms with van der Waals surface area (Å²) in [6.45, 7) is 11.1. The van der Waals surface area contributed by atoms with Crippen LogP contribution in [0.1, 0.15) is 40.5 Å². The molecule has 1 rings (SSSR count). The second-order valence-electron chi connectivity index (χ2n) is 4.35. The van der Waals surface area contributed by atoms with Crippen LogP contribution in [-0.4, -0.2) is 36.2 Å².